The zero-order chi connectivity index (χ0) is 12.1. The summed E-state index contributed by atoms with van der Waals surface area (Å²) < 4.78 is 13.3. The molecule has 3 heteroatoms. The van der Waals surface area contributed by atoms with Crippen LogP contribution in [0.4, 0.5) is 4.39 Å². The molecule has 0 saturated carbocycles. The van der Waals surface area contributed by atoms with Crippen LogP contribution in [-0.4, -0.2) is 17.8 Å². The Morgan fingerprint density at radius 2 is 2.06 bits per heavy atom. The standard InChI is InChI=1S/C13H19FNO/c1-9(2)12-4-11(5-13(14)6-12)7-15-10(3)8-16/h4-6,10,15-16H,7-8H2,1-3H3. The summed E-state index contributed by atoms with van der Waals surface area (Å²) in [6.45, 7) is 6.46. The van der Waals surface area contributed by atoms with Crippen molar-refractivity contribution in [2.75, 3.05) is 6.61 Å². The van der Waals surface area contributed by atoms with Gasteiger partial charge in [0.2, 0.25) is 0 Å². The fraction of sp³-hybridized carbons (Fsp3) is 0.462. The Bertz CT molecular complexity index is 339. The van der Waals surface area contributed by atoms with Gasteiger partial charge in [-0.05, 0) is 36.1 Å². The second-order valence-corrected chi connectivity index (χ2v) is 4.31. The summed E-state index contributed by atoms with van der Waals surface area (Å²) in [4.78, 5) is 0. The predicted octanol–water partition coefficient (Wildman–Crippen LogP) is 2.26. The molecule has 0 fully saturated rings. The molecule has 0 spiro atoms. The summed E-state index contributed by atoms with van der Waals surface area (Å²) in [6, 6.07) is 5.05. The molecule has 0 aliphatic carbocycles. The number of aliphatic hydroxyl groups excluding tert-OH is 1. The summed E-state index contributed by atoms with van der Waals surface area (Å²) in [6.07, 6.45) is 0. The van der Waals surface area contributed by atoms with Crippen LogP contribution in [0, 0.1) is 11.7 Å². The highest BCUT2D eigenvalue weighted by molar-refractivity contribution is 5.33. The smallest absolute Gasteiger partial charge is 0.123 e. The first-order valence-corrected chi connectivity index (χ1v) is 5.47. The molecule has 1 rings (SSSR count). The van der Waals surface area contributed by atoms with Gasteiger partial charge in [-0.15, -0.1) is 0 Å². The molecule has 0 heterocycles. The van der Waals surface area contributed by atoms with Crippen LogP contribution in [0.2, 0.25) is 0 Å². The maximum Gasteiger partial charge on any atom is 0.123 e. The van der Waals surface area contributed by atoms with Crippen LogP contribution in [0.1, 0.15) is 31.9 Å². The minimum atomic E-state index is -0.216. The Kier molecular flexibility index (Phi) is 4.90. The molecule has 2 nitrogen and oxygen atoms in total. The molecule has 1 radical (unpaired) electrons. The van der Waals surface area contributed by atoms with E-state index >= 15 is 0 Å². The van der Waals surface area contributed by atoms with Gasteiger partial charge in [-0.2, -0.15) is 0 Å². The van der Waals surface area contributed by atoms with Crippen LogP contribution in [0.5, 0.6) is 0 Å². The van der Waals surface area contributed by atoms with Gasteiger partial charge in [0.1, 0.15) is 5.82 Å². The van der Waals surface area contributed by atoms with Gasteiger partial charge < -0.3 is 10.4 Å². The third kappa shape index (κ3) is 3.91. The third-order valence-electron chi connectivity index (χ3n) is 2.46. The van der Waals surface area contributed by atoms with Crippen molar-refractivity contribution < 1.29 is 9.50 Å². The number of benzene rings is 1. The van der Waals surface area contributed by atoms with Crippen LogP contribution in [-0.2, 0) is 6.54 Å². The van der Waals surface area contributed by atoms with Gasteiger partial charge in [-0.25, -0.2) is 4.39 Å². The van der Waals surface area contributed by atoms with E-state index in [0.717, 1.165) is 17.0 Å². The highest BCUT2D eigenvalue weighted by atomic mass is 19.1. The van der Waals surface area contributed by atoms with Gasteiger partial charge >= 0.3 is 0 Å². The Balaban J connectivity index is 2.72. The molecule has 16 heavy (non-hydrogen) atoms. The molecular formula is C13H19FNO. The average Bonchev–Trinajstić information content (AvgIpc) is 2.25. The molecule has 1 unspecified atom stereocenters. The first kappa shape index (κ1) is 13.1. The van der Waals surface area contributed by atoms with Crippen molar-refractivity contribution in [1.82, 2.24) is 5.32 Å². The zero-order valence-electron chi connectivity index (χ0n) is 10.0. The lowest BCUT2D eigenvalue weighted by Crippen LogP contribution is -2.28. The Morgan fingerprint density at radius 1 is 1.38 bits per heavy atom. The monoisotopic (exact) mass is 224 g/mol. The van der Waals surface area contributed by atoms with Crippen LogP contribution < -0.4 is 5.32 Å². The maximum absolute atomic E-state index is 13.3. The largest absolute Gasteiger partial charge is 0.395 e. The Hall–Kier alpha value is -0.930. The summed E-state index contributed by atoms with van der Waals surface area (Å²) in [5, 5.41) is 12.0. The van der Waals surface area contributed by atoms with Gasteiger partial charge in [0.25, 0.3) is 0 Å². The SMILES string of the molecule is C[C](C)c1cc(F)cc(CNC(C)CO)c1. The Morgan fingerprint density at radius 3 is 2.62 bits per heavy atom. The van der Waals surface area contributed by atoms with E-state index in [1.54, 1.807) is 0 Å². The van der Waals surface area contributed by atoms with E-state index in [4.69, 9.17) is 5.11 Å². The first-order chi connectivity index (χ1) is 7.52. The van der Waals surface area contributed by atoms with Crippen molar-refractivity contribution in [2.45, 2.75) is 33.4 Å². The minimum absolute atomic E-state index is 0.0263. The van der Waals surface area contributed by atoms with E-state index in [2.05, 4.69) is 5.32 Å². The van der Waals surface area contributed by atoms with Crippen LogP contribution >= 0.6 is 0 Å². The summed E-state index contributed by atoms with van der Waals surface area (Å²) >= 11 is 0. The molecule has 0 aliphatic heterocycles. The summed E-state index contributed by atoms with van der Waals surface area (Å²) in [7, 11) is 0. The van der Waals surface area contributed by atoms with E-state index < -0.39 is 0 Å². The molecule has 1 atom stereocenters. The van der Waals surface area contributed by atoms with Crippen molar-refractivity contribution in [3.63, 3.8) is 0 Å². The van der Waals surface area contributed by atoms with Gasteiger partial charge in [0.15, 0.2) is 0 Å². The van der Waals surface area contributed by atoms with Crippen molar-refractivity contribution in [1.29, 1.82) is 0 Å². The summed E-state index contributed by atoms with van der Waals surface area (Å²) in [5.74, 6) is 0.878. The lowest BCUT2D eigenvalue weighted by molar-refractivity contribution is 0.251. The van der Waals surface area contributed by atoms with E-state index in [1.165, 1.54) is 12.1 Å². The highest BCUT2D eigenvalue weighted by Crippen LogP contribution is 2.17. The van der Waals surface area contributed by atoms with Gasteiger partial charge in [0, 0.05) is 12.6 Å². The van der Waals surface area contributed by atoms with Gasteiger partial charge in [0.05, 0.1) is 6.61 Å². The second kappa shape index (κ2) is 5.97. The van der Waals surface area contributed by atoms with Crippen LogP contribution in [0.25, 0.3) is 0 Å². The molecule has 0 bridgehead atoms. The molecule has 89 valence electrons. The quantitative estimate of drug-likeness (QED) is 0.804. The lowest BCUT2D eigenvalue weighted by atomic mass is 10.0. The molecule has 0 aliphatic rings. The highest BCUT2D eigenvalue weighted by Gasteiger charge is 2.05. The lowest BCUT2D eigenvalue weighted by Gasteiger charge is -2.12. The first-order valence-electron chi connectivity index (χ1n) is 5.47. The maximum atomic E-state index is 13.3. The number of hydrogen-bond donors (Lipinski definition) is 2. The third-order valence-corrected chi connectivity index (χ3v) is 2.46. The van der Waals surface area contributed by atoms with E-state index in [0.29, 0.717) is 6.54 Å². The van der Waals surface area contributed by atoms with Crippen molar-refractivity contribution in [3.05, 3.63) is 41.1 Å². The topological polar surface area (TPSA) is 32.3 Å². The number of halogens is 1. The summed E-state index contributed by atoms with van der Waals surface area (Å²) in [5.41, 5.74) is 1.82. The molecular weight excluding hydrogens is 205 g/mol. The van der Waals surface area contributed by atoms with Crippen molar-refractivity contribution in [2.24, 2.45) is 0 Å². The van der Waals surface area contributed by atoms with E-state index in [9.17, 15) is 4.39 Å². The molecule has 1 aromatic carbocycles. The number of hydrogen-bond acceptors (Lipinski definition) is 2. The number of aliphatic hydroxyl groups is 1. The fourth-order valence-electron chi connectivity index (χ4n) is 1.40. The van der Waals surface area contributed by atoms with Crippen LogP contribution in [0.3, 0.4) is 0 Å². The number of nitrogens with one attached hydrogen (secondary N) is 1. The second-order valence-electron chi connectivity index (χ2n) is 4.31. The average molecular weight is 224 g/mol. The van der Waals surface area contributed by atoms with Crippen molar-refractivity contribution >= 4 is 0 Å². The normalized spacial score (nSPS) is 13.1. The van der Waals surface area contributed by atoms with E-state index in [-0.39, 0.29) is 18.5 Å². The zero-order valence-corrected chi connectivity index (χ0v) is 10.0. The molecule has 0 saturated heterocycles. The Labute approximate surface area is 96.5 Å². The van der Waals surface area contributed by atoms with Crippen molar-refractivity contribution in [3.8, 4) is 0 Å². The number of rotatable bonds is 5. The minimum Gasteiger partial charge on any atom is -0.395 e. The predicted molar refractivity (Wildman–Crippen MR) is 63.5 cm³/mol. The van der Waals surface area contributed by atoms with Gasteiger partial charge in [-0.1, -0.05) is 19.9 Å². The molecule has 0 aromatic heterocycles. The van der Waals surface area contributed by atoms with E-state index in [1.807, 2.05) is 26.8 Å². The van der Waals surface area contributed by atoms with Crippen LogP contribution in [0.15, 0.2) is 18.2 Å². The fourth-order valence-corrected chi connectivity index (χ4v) is 1.40. The molecule has 2 N–H and O–H groups in total. The van der Waals surface area contributed by atoms with Gasteiger partial charge in [-0.3, -0.25) is 0 Å². The molecule has 0 amide bonds. The molecule has 1 aromatic rings.